The lowest BCUT2D eigenvalue weighted by molar-refractivity contribution is -0.140. The molecule has 0 aliphatic heterocycles. The predicted octanol–water partition coefficient (Wildman–Crippen LogP) is 6.34. The molecule has 11 heteroatoms. The highest BCUT2D eigenvalue weighted by atomic mass is 35.5. The van der Waals surface area contributed by atoms with Crippen LogP contribution in [0.4, 0.5) is 5.69 Å². The number of sulfonamides is 1. The largest absolute Gasteiger partial charge is 0.493 e. The number of carbonyl (C=O) groups is 2. The highest BCUT2D eigenvalue weighted by molar-refractivity contribution is 7.92. The smallest absolute Gasteiger partial charge is 0.264 e. The van der Waals surface area contributed by atoms with Gasteiger partial charge in [-0.15, -0.1) is 0 Å². The molecule has 1 N–H and O–H groups in total. The Morgan fingerprint density at radius 2 is 1.48 bits per heavy atom. The Morgan fingerprint density at radius 1 is 0.833 bits per heavy atom. The molecule has 4 aromatic carbocycles. The zero-order valence-electron chi connectivity index (χ0n) is 27.9. The molecule has 0 fully saturated rings. The van der Waals surface area contributed by atoms with Gasteiger partial charge in [0, 0.05) is 30.6 Å². The molecule has 0 heterocycles. The number of ether oxygens (including phenoxy) is 2. The van der Waals surface area contributed by atoms with E-state index in [9.17, 15) is 18.0 Å². The van der Waals surface area contributed by atoms with Gasteiger partial charge in [0.2, 0.25) is 11.8 Å². The summed E-state index contributed by atoms with van der Waals surface area (Å²) in [6.45, 7) is 5.57. The predicted molar refractivity (Wildman–Crippen MR) is 189 cm³/mol. The van der Waals surface area contributed by atoms with Crippen LogP contribution in [0.1, 0.15) is 35.6 Å². The highest BCUT2D eigenvalue weighted by Crippen LogP contribution is 2.33. The van der Waals surface area contributed by atoms with Gasteiger partial charge in [-0.25, -0.2) is 8.42 Å². The van der Waals surface area contributed by atoms with Gasteiger partial charge in [-0.2, -0.15) is 0 Å². The molecule has 9 nitrogen and oxygen atoms in total. The molecule has 48 heavy (non-hydrogen) atoms. The molecule has 0 saturated heterocycles. The number of rotatable bonds is 15. The number of nitrogens with zero attached hydrogens (tertiary/aromatic N) is 2. The molecule has 4 aromatic rings. The molecule has 0 unspecified atom stereocenters. The van der Waals surface area contributed by atoms with E-state index in [1.54, 1.807) is 36.4 Å². The number of aryl methyl sites for hydroxylation is 2. The second-order valence-corrected chi connectivity index (χ2v) is 13.8. The van der Waals surface area contributed by atoms with Crippen molar-refractivity contribution in [1.82, 2.24) is 10.2 Å². The lowest BCUT2D eigenvalue weighted by Crippen LogP contribution is -2.53. The van der Waals surface area contributed by atoms with Crippen molar-refractivity contribution in [3.63, 3.8) is 0 Å². The molecule has 2 amide bonds. The third kappa shape index (κ3) is 9.08. The number of halogens is 1. The number of nitrogens with one attached hydrogen (secondary N) is 1. The van der Waals surface area contributed by atoms with Crippen molar-refractivity contribution in [2.24, 2.45) is 0 Å². The van der Waals surface area contributed by atoms with Crippen molar-refractivity contribution in [1.29, 1.82) is 0 Å². The van der Waals surface area contributed by atoms with Crippen molar-refractivity contribution in [3.05, 3.63) is 118 Å². The van der Waals surface area contributed by atoms with Crippen molar-refractivity contribution in [3.8, 4) is 11.5 Å². The van der Waals surface area contributed by atoms with E-state index >= 15 is 0 Å². The molecule has 4 rings (SSSR count). The number of hydrogen-bond donors (Lipinski definition) is 1. The van der Waals surface area contributed by atoms with E-state index in [1.807, 2.05) is 57.2 Å². The van der Waals surface area contributed by atoms with Crippen molar-refractivity contribution >= 4 is 39.1 Å². The lowest BCUT2D eigenvalue weighted by Gasteiger charge is -2.34. The van der Waals surface area contributed by atoms with Gasteiger partial charge in [0.1, 0.15) is 12.6 Å². The lowest BCUT2D eigenvalue weighted by atomic mass is 10.0. The Kier molecular flexibility index (Phi) is 12.5. The molecule has 254 valence electrons. The van der Waals surface area contributed by atoms with Gasteiger partial charge in [-0.1, -0.05) is 67.1 Å². The number of anilines is 1. The second kappa shape index (κ2) is 16.5. The molecular formula is C37H42ClN3O6S. The normalized spacial score (nSPS) is 11.8. The first-order valence-electron chi connectivity index (χ1n) is 15.7. The Labute approximate surface area is 288 Å². The summed E-state index contributed by atoms with van der Waals surface area (Å²) in [6, 6.07) is 25.1. The molecule has 0 spiro atoms. The van der Waals surface area contributed by atoms with Gasteiger partial charge >= 0.3 is 0 Å². The Morgan fingerprint density at radius 3 is 2.08 bits per heavy atom. The number of carbonyl (C=O) groups excluding carboxylic acids is 2. The first kappa shape index (κ1) is 36.3. The number of methoxy groups -OCH3 is 2. The van der Waals surface area contributed by atoms with Crippen LogP contribution in [0.2, 0.25) is 5.02 Å². The maximum absolute atomic E-state index is 14.6. The van der Waals surface area contributed by atoms with Gasteiger partial charge in [-0.3, -0.25) is 13.9 Å². The minimum atomic E-state index is -4.34. The van der Waals surface area contributed by atoms with Gasteiger partial charge in [0.05, 0.1) is 24.8 Å². The van der Waals surface area contributed by atoms with Crippen molar-refractivity contribution in [2.45, 2.75) is 51.1 Å². The van der Waals surface area contributed by atoms with Gasteiger partial charge < -0.3 is 19.7 Å². The third-order valence-corrected chi connectivity index (χ3v) is 9.82. The fourth-order valence-electron chi connectivity index (χ4n) is 5.43. The topological polar surface area (TPSA) is 105 Å². The third-order valence-electron chi connectivity index (χ3n) is 7.80. The van der Waals surface area contributed by atoms with Crippen LogP contribution in [-0.4, -0.2) is 58.5 Å². The monoisotopic (exact) mass is 691 g/mol. The first-order chi connectivity index (χ1) is 23.0. The molecule has 1 atom stereocenters. The van der Waals surface area contributed by atoms with Gasteiger partial charge in [-0.05, 0) is 78.9 Å². The summed E-state index contributed by atoms with van der Waals surface area (Å²) in [5.41, 5.74) is 3.55. The quantitative estimate of drug-likeness (QED) is 0.156. The van der Waals surface area contributed by atoms with E-state index in [1.165, 1.54) is 37.3 Å². The molecular weight excluding hydrogens is 650 g/mol. The summed E-state index contributed by atoms with van der Waals surface area (Å²) in [5, 5.41) is 3.48. The van der Waals surface area contributed by atoms with E-state index in [4.69, 9.17) is 21.1 Å². The molecule has 0 saturated carbocycles. The minimum absolute atomic E-state index is 0.0458. The molecule has 0 aliphatic carbocycles. The van der Waals surface area contributed by atoms with Crippen LogP contribution in [0.25, 0.3) is 0 Å². The Bertz CT molecular complexity index is 1800. The molecule has 0 bridgehead atoms. The van der Waals surface area contributed by atoms with Gasteiger partial charge in [0.25, 0.3) is 10.0 Å². The van der Waals surface area contributed by atoms with E-state index < -0.39 is 28.5 Å². The molecule has 0 aliphatic rings. The van der Waals surface area contributed by atoms with E-state index in [2.05, 4.69) is 5.32 Å². The number of amides is 2. The summed E-state index contributed by atoms with van der Waals surface area (Å²) in [5.74, 6) is -0.295. The zero-order chi connectivity index (χ0) is 34.8. The molecule has 0 aromatic heterocycles. The zero-order valence-corrected chi connectivity index (χ0v) is 29.5. The summed E-state index contributed by atoms with van der Waals surface area (Å²) in [4.78, 5) is 29.8. The van der Waals surface area contributed by atoms with Crippen LogP contribution in [0.5, 0.6) is 11.5 Å². The SMILES string of the molecule is CCCNC(=O)[C@@H](Cc1ccccc1)N(Cc1ccc(Cl)cc1)C(=O)CN(c1cc(C)cc(C)c1)S(=O)(=O)c1ccc(OC)c(OC)c1. The highest BCUT2D eigenvalue weighted by Gasteiger charge is 2.35. The van der Waals surface area contributed by atoms with Crippen LogP contribution in [0, 0.1) is 13.8 Å². The minimum Gasteiger partial charge on any atom is -0.493 e. The fourth-order valence-corrected chi connectivity index (χ4v) is 6.97. The Hall–Kier alpha value is -4.54. The molecule has 0 radical (unpaired) electrons. The van der Waals surface area contributed by atoms with Crippen molar-refractivity contribution in [2.75, 3.05) is 31.6 Å². The Balaban J connectivity index is 1.84. The summed E-state index contributed by atoms with van der Waals surface area (Å²) < 4.78 is 40.8. The number of benzene rings is 4. The van der Waals surface area contributed by atoms with Crippen molar-refractivity contribution < 1.29 is 27.5 Å². The first-order valence-corrected chi connectivity index (χ1v) is 17.5. The van der Waals surface area contributed by atoms with E-state index in [0.717, 1.165) is 26.6 Å². The summed E-state index contributed by atoms with van der Waals surface area (Å²) >= 11 is 6.16. The fraction of sp³-hybridized carbons (Fsp3) is 0.297. The summed E-state index contributed by atoms with van der Waals surface area (Å²) in [7, 11) is -1.46. The summed E-state index contributed by atoms with van der Waals surface area (Å²) in [6.07, 6.45) is 0.931. The van der Waals surface area contributed by atoms with Crippen LogP contribution in [0.3, 0.4) is 0 Å². The second-order valence-electron chi connectivity index (χ2n) is 11.5. The number of hydrogen-bond acceptors (Lipinski definition) is 6. The van der Waals surface area contributed by atoms with E-state index in [-0.39, 0.29) is 29.5 Å². The standard InChI is InChI=1S/C37H42ClN3O6S/c1-6-18-39-37(43)33(22-28-10-8-7-9-11-28)40(24-29-12-14-30(38)15-13-29)36(42)25-41(31-20-26(2)19-27(3)21-31)48(44,45)32-16-17-34(46-4)35(23-32)47-5/h7-17,19-21,23,33H,6,18,22,24-25H2,1-5H3,(H,39,43)/t33-/m1/s1. The maximum atomic E-state index is 14.6. The van der Waals surface area contributed by atoms with Crippen LogP contribution in [-0.2, 0) is 32.6 Å². The van der Waals surface area contributed by atoms with Crippen LogP contribution in [0.15, 0.2) is 95.9 Å². The average Bonchev–Trinajstić information content (AvgIpc) is 3.07. The van der Waals surface area contributed by atoms with Crippen LogP contribution < -0.4 is 19.1 Å². The van der Waals surface area contributed by atoms with E-state index in [0.29, 0.717) is 29.4 Å². The van der Waals surface area contributed by atoms with Gasteiger partial charge in [0.15, 0.2) is 11.5 Å². The maximum Gasteiger partial charge on any atom is 0.264 e. The van der Waals surface area contributed by atoms with Crippen LogP contribution >= 0.6 is 11.6 Å². The average molecular weight is 692 g/mol.